The van der Waals surface area contributed by atoms with Gasteiger partial charge in [0.05, 0.1) is 0 Å². The van der Waals surface area contributed by atoms with E-state index in [-0.39, 0.29) is 6.03 Å². The Bertz CT molecular complexity index is 490. The van der Waals surface area contributed by atoms with E-state index in [0.29, 0.717) is 17.9 Å². The maximum Gasteiger partial charge on any atom is 0.317 e. The van der Waals surface area contributed by atoms with Crippen molar-refractivity contribution in [2.45, 2.75) is 38.1 Å². The summed E-state index contributed by atoms with van der Waals surface area (Å²) >= 11 is 1.72. The molecule has 3 unspecified atom stereocenters. The van der Waals surface area contributed by atoms with Gasteiger partial charge >= 0.3 is 6.03 Å². The Morgan fingerprint density at radius 3 is 3.09 bits per heavy atom. The Morgan fingerprint density at radius 2 is 2.32 bits per heavy atom. The van der Waals surface area contributed by atoms with E-state index in [1.807, 2.05) is 0 Å². The number of rotatable bonds is 3. The number of nitrogens with one attached hydrogen (secondary N) is 1. The van der Waals surface area contributed by atoms with Crippen molar-refractivity contribution < 1.29 is 4.79 Å². The zero-order valence-electron chi connectivity index (χ0n) is 13.6. The van der Waals surface area contributed by atoms with Crippen molar-refractivity contribution in [3.8, 4) is 0 Å². The lowest BCUT2D eigenvalue weighted by Gasteiger charge is -2.46. The third kappa shape index (κ3) is 3.46. The van der Waals surface area contributed by atoms with Crippen LogP contribution in [-0.4, -0.2) is 55.1 Å². The average Bonchev–Trinajstić information content (AvgIpc) is 3.05. The van der Waals surface area contributed by atoms with Gasteiger partial charge in [-0.3, -0.25) is 0 Å². The highest BCUT2D eigenvalue weighted by atomic mass is 32.1. The van der Waals surface area contributed by atoms with Crippen molar-refractivity contribution in [3.63, 3.8) is 0 Å². The maximum atomic E-state index is 12.6. The molecule has 2 saturated heterocycles. The van der Waals surface area contributed by atoms with Gasteiger partial charge in [0.2, 0.25) is 0 Å². The predicted octanol–water partition coefficient (Wildman–Crippen LogP) is 2.98. The predicted molar refractivity (Wildman–Crippen MR) is 91.5 cm³/mol. The van der Waals surface area contributed by atoms with Crippen molar-refractivity contribution in [2.75, 3.05) is 33.2 Å². The number of hydrogen-bond donors (Lipinski definition) is 1. The third-order valence-corrected chi connectivity index (χ3v) is 5.91. The van der Waals surface area contributed by atoms with E-state index in [9.17, 15) is 4.79 Å². The van der Waals surface area contributed by atoms with E-state index in [2.05, 4.69) is 45.9 Å². The van der Waals surface area contributed by atoms with E-state index in [1.165, 1.54) is 12.0 Å². The number of hydrogen-bond acceptors (Lipinski definition) is 3. The highest BCUT2D eigenvalue weighted by Gasteiger charge is 2.37. The Morgan fingerprint density at radius 1 is 1.45 bits per heavy atom. The van der Waals surface area contributed by atoms with Gasteiger partial charge in [0.15, 0.2) is 0 Å². The largest absolute Gasteiger partial charge is 0.337 e. The lowest BCUT2D eigenvalue weighted by molar-refractivity contribution is 0.0533. The minimum absolute atomic E-state index is 0.140. The summed E-state index contributed by atoms with van der Waals surface area (Å²) in [6.45, 7) is 6.07. The molecule has 1 aromatic rings. The second-order valence-corrected chi connectivity index (χ2v) is 7.64. The van der Waals surface area contributed by atoms with Crippen LogP contribution in [0, 0.1) is 5.92 Å². The number of fused-ring (bicyclic) bond motifs is 1. The van der Waals surface area contributed by atoms with Crippen LogP contribution in [0.1, 0.15) is 37.7 Å². The Balaban J connectivity index is 1.55. The smallest absolute Gasteiger partial charge is 0.317 e. The van der Waals surface area contributed by atoms with Gasteiger partial charge < -0.3 is 15.1 Å². The van der Waals surface area contributed by atoms with Crippen LogP contribution in [0.4, 0.5) is 4.79 Å². The Hall–Kier alpha value is -1.07. The van der Waals surface area contributed by atoms with Gasteiger partial charge in [-0.05, 0) is 67.1 Å². The van der Waals surface area contributed by atoms with Crippen molar-refractivity contribution in [1.82, 2.24) is 15.1 Å². The van der Waals surface area contributed by atoms with E-state index in [4.69, 9.17) is 0 Å². The van der Waals surface area contributed by atoms with Crippen molar-refractivity contribution in [3.05, 3.63) is 22.4 Å². The minimum Gasteiger partial charge on any atom is -0.337 e. The van der Waals surface area contributed by atoms with E-state index in [0.717, 1.165) is 39.0 Å². The van der Waals surface area contributed by atoms with Crippen LogP contribution >= 0.6 is 11.3 Å². The summed E-state index contributed by atoms with van der Waals surface area (Å²) in [4.78, 5) is 17.1. The summed E-state index contributed by atoms with van der Waals surface area (Å²) in [5.41, 5.74) is 1.32. The van der Waals surface area contributed by atoms with Gasteiger partial charge in [-0.1, -0.05) is 6.92 Å². The second kappa shape index (κ2) is 7.01. The molecule has 3 heterocycles. The van der Waals surface area contributed by atoms with Gasteiger partial charge in [-0.15, -0.1) is 0 Å². The zero-order valence-corrected chi connectivity index (χ0v) is 14.4. The van der Waals surface area contributed by atoms with Crippen molar-refractivity contribution >= 4 is 17.4 Å². The fraction of sp³-hybridized carbons (Fsp3) is 0.706. The van der Waals surface area contributed by atoms with Gasteiger partial charge in [0, 0.05) is 25.7 Å². The van der Waals surface area contributed by atoms with Crippen LogP contribution in [0.3, 0.4) is 0 Å². The molecule has 1 N–H and O–H groups in total. The number of carbonyl (C=O) groups excluding carboxylic acids is 1. The summed E-state index contributed by atoms with van der Waals surface area (Å²) in [7, 11) is 2.19. The second-order valence-electron chi connectivity index (χ2n) is 6.86. The molecule has 4 nitrogen and oxygen atoms in total. The normalized spacial score (nSPS) is 27.3. The minimum atomic E-state index is 0.140. The Labute approximate surface area is 137 Å². The first-order chi connectivity index (χ1) is 10.6. The molecule has 122 valence electrons. The van der Waals surface area contributed by atoms with E-state index >= 15 is 0 Å². The van der Waals surface area contributed by atoms with Crippen LogP contribution in [-0.2, 0) is 0 Å². The van der Waals surface area contributed by atoms with E-state index < -0.39 is 0 Å². The summed E-state index contributed by atoms with van der Waals surface area (Å²) in [6.07, 6.45) is 3.53. The lowest BCUT2D eigenvalue weighted by Crippen LogP contribution is -2.57. The molecule has 2 aliphatic rings. The van der Waals surface area contributed by atoms with Gasteiger partial charge in [0.25, 0.3) is 0 Å². The number of nitrogens with zero attached hydrogens (tertiary/aromatic N) is 2. The molecule has 0 bridgehead atoms. The SMILES string of the molecule is CC(CNC(=O)N1CCCC2CN(C)CCC21)c1ccsc1. The molecule has 0 saturated carbocycles. The molecule has 2 aliphatic heterocycles. The molecule has 1 aromatic heterocycles. The topological polar surface area (TPSA) is 35.6 Å². The quantitative estimate of drug-likeness (QED) is 0.929. The van der Waals surface area contributed by atoms with E-state index in [1.54, 1.807) is 11.3 Å². The summed E-state index contributed by atoms with van der Waals surface area (Å²) in [6, 6.07) is 2.73. The van der Waals surface area contributed by atoms with Crippen LogP contribution < -0.4 is 5.32 Å². The van der Waals surface area contributed by atoms with Crippen LogP contribution in [0.15, 0.2) is 16.8 Å². The lowest BCUT2D eigenvalue weighted by atomic mass is 9.84. The number of likely N-dealkylation sites (tertiary alicyclic amines) is 2. The molecule has 2 amide bonds. The monoisotopic (exact) mass is 321 g/mol. The highest BCUT2D eigenvalue weighted by molar-refractivity contribution is 7.07. The molecule has 3 rings (SSSR count). The standard InChI is InChI=1S/C17H27N3OS/c1-13(15-6-9-22-12-15)10-18-17(21)20-7-3-4-14-11-19(2)8-5-16(14)20/h6,9,12-14,16H,3-5,7-8,10-11H2,1-2H3,(H,18,21). The van der Waals surface area contributed by atoms with Crippen LogP contribution in [0.2, 0.25) is 0 Å². The van der Waals surface area contributed by atoms with Crippen LogP contribution in [0.5, 0.6) is 0 Å². The van der Waals surface area contributed by atoms with Gasteiger partial charge in [-0.25, -0.2) is 4.79 Å². The summed E-state index contributed by atoms with van der Waals surface area (Å²) in [5, 5.41) is 7.43. The molecule has 0 spiro atoms. The third-order valence-electron chi connectivity index (χ3n) is 5.20. The zero-order chi connectivity index (χ0) is 15.5. The molecule has 22 heavy (non-hydrogen) atoms. The Kier molecular flexibility index (Phi) is 5.03. The van der Waals surface area contributed by atoms with Crippen molar-refractivity contribution in [2.24, 2.45) is 5.92 Å². The molecular weight excluding hydrogens is 294 g/mol. The number of thiophene rings is 1. The number of amides is 2. The fourth-order valence-electron chi connectivity index (χ4n) is 3.85. The number of carbonyl (C=O) groups is 1. The van der Waals surface area contributed by atoms with Crippen LogP contribution in [0.25, 0.3) is 0 Å². The average molecular weight is 321 g/mol. The van der Waals surface area contributed by atoms with Crippen molar-refractivity contribution in [1.29, 1.82) is 0 Å². The number of urea groups is 1. The first-order valence-corrected chi connectivity index (χ1v) is 9.34. The molecule has 0 radical (unpaired) electrons. The first kappa shape index (κ1) is 15.8. The summed E-state index contributed by atoms with van der Waals surface area (Å²) in [5.74, 6) is 1.04. The molecule has 0 aromatic carbocycles. The summed E-state index contributed by atoms with van der Waals surface area (Å²) < 4.78 is 0. The maximum absolute atomic E-state index is 12.6. The van der Waals surface area contributed by atoms with Gasteiger partial charge in [0.1, 0.15) is 0 Å². The molecule has 3 atom stereocenters. The molecular formula is C17H27N3OS. The number of piperidine rings is 2. The molecule has 0 aliphatic carbocycles. The highest BCUT2D eigenvalue weighted by Crippen LogP contribution is 2.30. The molecule has 2 fully saturated rings. The first-order valence-electron chi connectivity index (χ1n) is 8.40. The fourth-order valence-corrected chi connectivity index (χ4v) is 4.63. The van der Waals surface area contributed by atoms with Gasteiger partial charge in [-0.2, -0.15) is 11.3 Å². The molecule has 5 heteroatoms.